The molecule has 0 spiro atoms. The molecule has 36 heavy (non-hydrogen) atoms. The van der Waals surface area contributed by atoms with Gasteiger partial charge in [-0.15, -0.1) is 11.3 Å². The Balaban J connectivity index is 1.22. The lowest BCUT2D eigenvalue weighted by Crippen LogP contribution is -2.22. The second kappa shape index (κ2) is 9.18. The van der Waals surface area contributed by atoms with E-state index in [1.54, 1.807) is 23.1 Å². The van der Waals surface area contributed by atoms with Crippen LogP contribution in [0.25, 0.3) is 21.9 Å². The second-order valence-electron chi connectivity index (χ2n) is 8.83. The van der Waals surface area contributed by atoms with Gasteiger partial charge in [0, 0.05) is 40.7 Å². The van der Waals surface area contributed by atoms with E-state index in [0.717, 1.165) is 53.0 Å². The first kappa shape index (κ1) is 22.4. The number of aryl methyl sites for hydroxylation is 1. The van der Waals surface area contributed by atoms with E-state index in [1.807, 2.05) is 49.4 Å². The van der Waals surface area contributed by atoms with Gasteiger partial charge < -0.3 is 14.4 Å². The second-order valence-corrected chi connectivity index (χ2v) is 9.92. The van der Waals surface area contributed by atoms with Crippen LogP contribution in [-0.4, -0.2) is 27.2 Å². The maximum Gasteiger partial charge on any atom is 0.258 e. The Kier molecular flexibility index (Phi) is 5.71. The molecule has 9 heteroatoms. The van der Waals surface area contributed by atoms with Crippen LogP contribution in [0.4, 0.5) is 5.13 Å². The molecule has 5 aromatic rings. The molecule has 180 valence electrons. The zero-order valence-electron chi connectivity index (χ0n) is 19.6. The van der Waals surface area contributed by atoms with Gasteiger partial charge in [0.05, 0.1) is 17.9 Å². The Morgan fingerprint density at radius 3 is 2.97 bits per heavy atom. The molecule has 2 aromatic carbocycles. The number of nitrogens with one attached hydrogen (secondary N) is 2. The molecule has 0 atom stereocenters. The summed E-state index contributed by atoms with van der Waals surface area (Å²) in [7, 11) is 0. The standard InChI is InChI=1S/C27H23N5O3S/c1-16-22(15-35-31-16)18-5-6-21-19(12-18)8-10-32(26(21)34)14-17-3-2-4-20(11-17)25(33)30-27-29-23-13-28-9-7-24(23)36-27/h2-6,8,10-12,15,28H,7,9,13-14H2,1H3,(H,29,30,33). The Hall–Kier alpha value is -4.08. The molecule has 0 aliphatic carbocycles. The molecular weight excluding hydrogens is 474 g/mol. The predicted octanol–water partition coefficient (Wildman–Crippen LogP) is 4.37. The number of carbonyl (C=O) groups is 1. The molecule has 6 rings (SSSR count). The van der Waals surface area contributed by atoms with E-state index in [1.165, 1.54) is 16.2 Å². The van der Waals surface area contributed by atoms with Crippen LogP contribution in [0.5, 0.6) is 0 Å². The lowest BCUT2D eigenvalue weighted by Gasteiger charge is -2.10. The summed E-state index contributed by atoms with van der Waals surface area (Å²) in [6, 6.07) is 15.0. The number of amides is 1. The number of hydrogen-bond donors (Lipinski definition) is 2. The highest BCUT2D eigenvalue weighted by Crippen LogP contribution is 2.27. The summed E-state index contributed by atoms with van der Waals surface area (Å²) in [5, 5.41) is 12.3. The number of hydrogen-bond acceptors (Lipinski definition) is 7. The van der Waals surface area contributed by atoms with Crippen molar-refractivity contribution in [3.63, 3.8) is 0 Å². The zero-order chi connectivity index (χ0) is 24.6. The first-order valence-electron chi connectivity index (χ1n) is 11.7. The Labute approximate surface area is 210 Å². The average Bonchev–Trinajstić information content (AvgIpc) is 3.51. The van der Waals surface area contributed by atoms with E-state index in [9.17, 15) is 9.59 Å². The van der Waals surface area contributed by atoms with Crippen LogP contribution in [0.3, 0.4) is 0 Å². The fourth-order valence-electron chi connectivity index (χ4n) is 4.51. The van der Waals surface area contributed by atoms with Crippen molar-refractivity contribution in [3.8, 4) is 11.1 Å². The van der Waals surface area contributed by atoms with Gasteiger partial charge in [-0.3, -0.25) is 14.9 Å². The van der Waals surface area contributed by atoms with Gasteiger partial charge >= 0.3 is 0 Å². The summed E-state index contributed by atoms with van der Waals surface area (Å²) in [6.07, 6.45) is 4.33. The van der Waals surface area contributed by atoms with Crippen LogP contribution in [0, 0.1) is 6.92 Å². The van der Waals surface area contributed by atoms with Crippen LogP contribution < -0.4 is 16.2 Å². The third kappa shape index (κ3) is 4.23. The minimum absolute atomic E-state index is 0.0853. The van der Waals surface area contributed by atoms with Gasteiger partial charge in [0.25, 0.3) is 11.5 Å². The minimum atomic E-state index is -0.210. The number of nitrogens with zero attached hydrogens (tertiary/aromatic N) is 3. The van der Waals surface area contributed by atoms with Crippen LogP contribution in [0.15, 0.2) is 70.3 Å². The lowest BCUT2D eigenvalue weighted by atomic mass is 10.0. The molecule has 8 nitrogen and oxygen atoms in total. The van der Waals surface area contributed by atoms with Gasteiger partial charge in [0.1, 0.15) is 6.26 Å². The number of fused-ring (bicyclic) bond motifs is 2. The molecule has 0 fully saturated rings. The van der Waals surface area contributed by atoms with Crippen molar-refractivity contribution >= 4 is 33.1 Å². The van der Waals surface area contributed by atoms with E-state index in [-0.39, 0.29) is 11.5 Å². The summed E-state index contributed by atoms with van der Waals surface area (Å²) in [5.74, 6) is -0.210. The fraction of sp³-hybridized carbons (Fsp3) is 0.185. The molecule has 0 saturated carbocycles. The van der Waals surface area contributed by atoms with Crippen molar-refractivity contribution in [1.82, 2.24) is 20.0 Å². The van der Waals surface area contributed by atoms with E-state index in [2.05, 4.69) is 20.8 Å². The highest BCUT2D eigenvalue weighted by atomic mass is 32.1. The Morgan fingerprint density at radius 1 is 1.22 bits per heavy atom. The Bertz CT molecular complexity index is 1640. The van der Waals surface area contributed by atoms with Crippen LogP contribution in [0.2, 0.25) is 0 Å². The van der Waals surface area contributed by atoms with Gasteiger partial charge in [0.15, 0.2) is 5.13 Å². The number of carbonyl (C=O) groups excluding carboxylic acids is 1. The van der Waals surface area contributed by atoms with E-state index in [0.29, 0.717) is 22.6 Å². The molecule has 0 saturated heterocycles. The molecular formula is C27H23N5O3S. The number of benzene rings is 2. The van der Waals surface area contributed by atoms with Crippen LogP contribution in [0.1, 0.15) is 32.2 Å². The van der Waals surface area contributed by atoms with Crippen LogP contribution >= 0.6 is 11.3 Å². The number of pyridine rings is 1. The summed E-state index contributed by atoms with van der Waals surface area (Å²) in [5.41, 5.74) is 4.98. The topological polar surface area (TPSA) is 102 Å². The smallest absolute Gasteiger partial charge is 0.258 e. The minimum Gasteiger partial charge on any atom is -0.364 e. The normalized spacial score (nSPS) is 13.0. The molecule has 4 heterocycles. The molecule has 3 aromatic heterocycles. The third-order valence-electron chi connectivity index (χ3n) is 6.40. The summed E-state index contributed by atoms with van der Waals surface area (Å²) < 4.78 is 6.71. The van der Waals surface area contributed by atoms with Crippen molar-refractivity contribution in [2.75, 3.05) is 11.9 Å². The maximum absolute atomic E-state index is 13.2. The van der Waals surface area contributed by atoms with Crippen molar-refractivity contribution in [3.05, 3.63) is 98.7 Å². The summed E-state index contributed by atoms with van der Waals surface area (Å²) in [4.78, 5) is 31.8. The first-order chi connectivity index (χ1) is 17.5. The molecule has 0 unspecified atom stereocenters. The largest absolute Gasteiger partial charge is 0.364 e. The van der Waals surface area contributed by atoms with Crippen molar-refractivity contribution in [2.45, 2.75) is 26.4 Å². The third-order valence-corrected chi connectivity index (χ3v) is 7.47. The number of aromatic nitrogens is 3. The SMILES string of the molecule is Cc1nocc1-c1ccc2c(=O)n(Cc3cccc(C(=O)Nc4nc5c(s4)CCNC5)c3)ccc2c1. The van der Waals surface area contributed by atoms with Gasteiger partial charge in [-0.2, -0.15) is 0 Å². The van der Waals surface area contributed by atoms with E-state index in [4.69, 9.17) is 4.52 Å². The number of anilines is 1. The molecule has 1 aliphatic heterocycles. The van der Waals surface area contributed by atoms with Crippen molar-refractivity contribution in [2.24, 2.45) is 0 Å². The van der Waals surface area contributed by atoms with Crippen LogP contribution in [-0.2, 0) is 19.5 Å². The summed E-state index contributed by atoms with van der Waals surface area (Å²) in [6.45, 7) is 3.91. The average molecular weight is 498 g/mol. The highest BCUT2D eigenvalue weighted by molar-refractivity contribution is 7.15. The van der Waals surface area contributed by atoms with Gasteiger partial charge in [-0.25, -0.2) is 4.98 Å². The summed E-state index contributed by atoms with van der Waals surface area (Å²) >= 11 is 1.53. The van der Waals surface area contributed by atoms with Gasteiger partial charge in [0.2, 0.25) is 0 Å². The maximum atomic E-state index is 13.2. The Morgan fingerprint density at radius 2 is 2.14 bits per heavy atom. The van der Waals surface area contributed by atoms with Gasteiger partial charge in [-0.05, 0) is 60.2 Å². The van der Waals surface area contributed by atoms with Gasteiger partial charge in [-0.1, -0.05) is 23.4 Å². The monoisotopic (exact) mass is 497 g/mol. The van der Waals surface area contributed by atoms with E-state index >= 15 is 0 Å². The molecule has 1 amide bonds. The highest BCUT2D eigenvalue weighted by Gasteiger charge is 2.17. The molecule has 1 aliphatic rings. The zero-order valence-corrected chi connectivity index (χ0v) is 20.4. The molecule has 2 N–H and O–H groups in total. The fourth-order valence-corrected chi connectivity index (χ4v) is 5.48. The molecule has 0 bridgehead atoms. The van der Waals surface area contributed by atoms with Crippen molar-refractivity contribution in [1.29, 1.82) is 0 Å². The van der Waals surface area contributed by atoms with E-state index < -0.39 is 0 Å². The number of thiazole rings is 1. The lowest BCUT2D eigenvalue weighted by molar-refractivity contribution is 0.102. The first-order valence-corrected chi connectivity index (χ1v) is 12.5. The predicted molar refractivity (Wildman–Crippen MR) is 139 cm³/mol. The quantitative estimate of drug-likeness (QED) is 0.374. The van der Waals surface area contributed by atoms with Crippen molar-refractivity contribution < 1.29 is 9.32 Å². The number of rotatable bonds is 5. The molecule has 0 radical (unpaired) electrons.